The molecule has 1 aliphatic carbocycles. The average molecular weight is 747 g/mol. The molecule has 0 spiro atoms. The van der Waals surface area contributed by atoms with Crippen molar-refractivity contribution in [2.24, 2.45) is 4.99 Å². The van der Waals surface area contributed by atoms with Gasteiger partial charge < -0.3 is 10.7 Å². The Bertz CT molecular complexity index is 2840. The molecule has 0 saturated heterocycles. The quantitative estimate of drug-likeness (QED) is 0.126. The van der Waals surface area contributed by atoms with Crippen molar-refractivity contribution in [3.8, 4) is 11.1 Å². The van der Waals surface area contributed by atoms with Crippen LogP contribution in [0, 0.1) is 10.8 Å². The van der Waals surface area contributed by atoms with Crippen molar-refractivity contribution in [3.05, 3.63) is 244 Å². The van der Waals surface area contributed by atoms with Gasteiger partial charge in [0, 0.05) is 39.6 Å². The molecule has 4 heteroatoms. The summed E-state index contributed by atoms with van der Waals surface area (Å²) in [6.07, 6.45) is 5.93. The molecule has 0 fully saturated rings. The van der Waals surface area contributed by atoms with Crippen LogP contribution in [0.15, 0.2) is 193 Å². The zero-order chi connectivity index (χ0) is 39.6. The number of nitrogens with zero attached hydrogens (tertiary/aromatic N) is 1. The van der Waals surface area contributed by atoms with Crippen LogP contribution in [-0.4, -0.2) is 17.6 Å². The molecular weight excluding hydrogens is 705 g/mol. The van der Waals surface area contributed by atoms with Crippen molar-refractivity contribution in [2.75, 3.05) is 0 Å². The van der Waals surface area contributed by atoms with E-state index in [-0.39, 0.29) is 5.41 Å². The molecule has 278 valence electrons. The normalized spacial score (nSPS) is 14.8. The molecule has 0 radical (unpaired) electrons. The fraction of sp³-hybridized carbons (Fsp3) is 0.0556. The number of allylic oxidation sites excluding steroid dienone is 2. The van der Waals surface area contributed by atoms with Gasteiger partial charge in [-0.2, -0.15) is 0 Å². The van der Waals surface area contributed by atoms with E-state index in [4.69, 9.17) is 10.4 Å². The lowest BCUT2D eigenvalue weighted by molar-refractivity contribution is 0.660. The molecule has 1 aliphatic heterocycles. The van der Waals surface area contributed by atoms with Crippen molar-refractivity contribution >= 4 is 46.4 Å². The molecule has 7 aromatic carbocycles. The van der Waals surface area contributed by atoms with E-state index in [1.807, 2.05) is 109 Å². The zero-order valence-electron chi connectivity index (χ0n) is 32.5. The van der Waals surface area contributed by atoms with Crippen molar-refractivity contribution in [3.63, 3.8) is 0 Å². The van der Waals surface area contributed by atoms with Crippen LogP contribution in [-0.2, 0) is 5.41 Å². The summed E-state index contributed by atoms with van der Waals surface area (Å²) in [5.74, 6) is 0. The van der Waals surface area contributed by atoms with Crippen LogP contribution in [0.25, 0.3) is 39.9 Å². The second-order valence-corrected chi connectivity index (χ2v) is 15.3. The lowest BCUT2D eigenvalue weighted by Crippen LogP contribution is -2.20. The molecule has 3 N–H and O–H groups in total. The van der Waals surface area contributed by atoms with Crippen LogP contribution >= 0.6 is 0 Å². The van der Waals surface area contributed by atoms with E-state index in [0.717, 1.165) is 61.5 Å². The molecule has 1 heterocycles. The molecule has 58 heavy (non-hydrogen) atoms. The zero-order valence-corrected chi connectivity index (χ0v) is 32.5. The van der Waals surface area contributed by atoms with E-state index < -0.39 is 0 Å². The third-order valence-corrected chi connectivity index (χ3v) is 11.2. The van der Waals surface area contributed by atoms with E-state index in [1.54, 1.807) is 0 Å². The molecule has 7 aromatic rings. The van der Waals surface area contributed by atoms with E-state index in [1.165, 1.54) is 22.3 Å². The van der Waals surface area contributed by atoms with Gasteiger partial charge in [0.1, 0.15) is 0 Å². The summed E-state index contributed by atoms with van der Waals surface area (Å²) in [5, 5.41) is 22.6. The van der Waals surface area contributed by atoms with Crippen LogP contribution < -0.4 is 5.32 Å². The SMILES string of the molecule is CC1(C)c2ccccc2-c2ccc(/C(=C/C(=N)c3ccccc3)N=Cc3cccc(/C(C(=N)c4ccccc4)=C4/NC(c5ccccc5)=Cc5ccccc54)c3)cc21. The van der Waals surface area contributed by atoms with Gasteiger partial charge in [0.2, 0.25) is 0 Å². The Balaban J connectivity index is 1.16. The number of aliphatic imine (C=N–C) groups is 1. The number of nitrogens with one attached hydrogen (secondary N) is 3. The first-order valence-corrected chi connectivity index (χ1v) is 19.6. The van der Waals surface area contributed by atoms with Gasteiger partial charge in [-0.1, -0.05) is 184 Å². The maximum absolute atomic E-state index is 9.74. The first-order valence-electron chi connectivity index (χ1n) is 19.6. The summed E-state index contributed by atoms with van der Waals surface area (Å²) in [7, 11) is 0. The maximum Gasteiger partial charge on any atom is 0.0723 e. The van der Waals surface area contributed by atoms with Crippen LogP contribution in [0.4, 0.5) is 0 Å². The van der Waals surface area contributed by atoms with E-state index in [0.29, 0.717) is 17.1 Å². The molecule has 2 aliphatic rings. The lowest BCUT2D eigenvalue weighted by Gasteiger charge is -2.26. The highest BCUT2D eigenvalue weighted by Crippen LogP contribution is 2.49. The maximum atomic E-state index is 9.74. The number of hydrogen-bond donors (Lipinski definition) is 3. The average Bonchev–Trinajstić information content (AvgIpc) is 3.51. The molecule has 0 amide bonds. The van der Waals surface area contributed by atoms with Gasteiger partial charge in [0.25, 0.3) is 0 Å². The minimum Gasteiger partial charge on any atom is -0.354 e. The van der Waals surface area contributed by atoms with Crippen molar-refractivity contribution in [1.82, 2.24) is 5.32 Å². The first-order chi connectivity index (χ1) is 28.3. The fourth-order valence-electron chi connectivity index (χ4n) is 8.19. The highest BCUT2D eigenvalue weighted by molar-refractivity contribution is 6.36. The van der Waals surface area contributed by atoms with Crippen LogP contribution in [0.3, 0.4) is 0 Å². The monoisotopic (exact) mass is 746 g/mol. The van der Waals surface area contributed by atoms with Crippen molar-refractivity contribution in [2.45, 2.75) is 19.3 Å². The Morgan fingerprint density at radius 2 is 1.17 bits per heavy atom. The predicted octanol–water partition coefficient (Wildman–Crippen LogP) is 12.6. The van der Waals surface area contributed by atoms with E-state index in [9.17, 15) is 5.41 Å². The Hall–Kier alpha value is -7.43. The topological polar surface area (TPSA) is 72.1 Å². The van der Waals surface area contributed by atoms with E-state index in [2.05, 4.69) is 110 Å². The van der Waals surface area contributed by atoms with Crippen molar-refractivity contribution in [1.29, 1.82) is 10.8 Å². The third kappa shape index (κ3) is 6.86. The highest BCUT2D eigenvalue weighted by Gasteiger charge is 2.35. The molecule has 0 aromatic heterocycles. The van der Waals surface area contributed by atoms with Gasteiger partial charge in [-0.05, 0) is 74.4 Å². The molecule has 0 atom stereocenters. The molecule has 9 rings (SSSR count). The molecule has 4 nitrogen and oxygen atoms in total. The second kappa shape index (κ2) is 15.2. The Morgan fingerprint density at radius 1 is 0.552 bits per heavy atom. The van der Waals surface area contributed by atoms with Crippen LogP contribution in [0.1, 0.15) is 69.5 Å². The smallest absolute Gasteiger partial charge is 0.0723 e. The largest absolute Gasteiger partial charge is 0.354 e. The van der Waals surface area contributed by atoms with Gasteiger partial charge in [0.05, 0.1) is 22.8 Å². The Labute approximate surface area is 340 Å². The minimum atomic E-state index is -0.174. The molecule has 0 bridgehead atoms. The molecular formula is C54H42N4. The van der Waals surface area contributed by atoms with Gasteiger partial charge >= 0.3 is 0 Å². The predicted molar refractivity (Wildman–Crippen MR) is 243 cm³/mol. The number of hydrogen-bond acceptors (Lipinski definition) is 4. The van der Waals surface area contributed by atoms with Gasteiger partial charge in [0.15, 0.2) is 0 Å². The fourth-order valence-corrected chi connectivity index (χ4v) is 8.19. The van der Waals surface area contributed by atoms with Gasteiger partial charge in [-0.3, -0.25) is 10.4 Å². The summed E-state index contributed by atoms with van der Waals surface area (Å²) in [6, 6.07) is 61.9. The lowest BCUT2D eigenvalue weighted by atomic mass is 9.82. The summed E-state index contributed by atoms with van der Waals surface area (Å²) in [4.78, 5) is 5.16. The summed E-state index contributed by atoms with van der Waals surface area (Å²) in [5.41, 5.74) is 16.6. The molecule has 0 saturated carbocycles. The van der Waals surface area contributed by atoms with Crippen LogP contribution in [0.2, 0.25) is 0 Å². The first kappa shape index (κ1) is 36.2. The second-order valence-electron chi connectivity index (χ2n) is 15.3. The molecule has 0 unspecified atom stereocenters. The van der Waals surface area contributed by atoms with E-state index >= 15 is 0 Å². The number of benzene rings is 7. The van der Waals surface area contributed by atoms with Gasteiger partial charge in [-0.25, -0.2) is 0 Å². The third-order valence-electron chi connectivity index (χ3n) is 11.2. The van der Waals surface area contributed by atoms with Crippen LogP contribution in [0.5, 0.6) is 0 Å². The standard InChI is InChI=1S/C54H42N4/c1-54(2)46-28-15-14-27-44(46)45-30-29-41(32-47(45)54)49(34-48(55)37-18-6-3-7-19-37)57-35-36-17-16-25-42(31-36)51(52(56)39-22-10-5-11-23-39)53-43-26-13-12-24-40(43)33-50(58-53)38-20-8-4-9-21-38/h3-35,55-56,58H,1-2H3/b49-34-,53-51-,55-48?,56-52?,57-35?. The van der Waals surface area contributed by atoms with Gasteiger partial charge in [-0.15, -0.1) is 0 Å². The highest BCUT2D eigenvalue weighted by atomic mass is 14.9. The summed E-state index contributed by atoms with van der Waals surface area (Å²) >= 11 is 0. The Kier molecular flexibility index (Phi) is 9.52. The number of fused-ring (bicyclic) bond motifs is 4. The summed E-state index contributed by atoms with van der Waals surface area (Å²) in [6.45, 7) is 4.56. The summed E-state index contributed by atoms with van der Waals surface area (Å²) < 4.78 is 0. The number of rotatable bonds is 9. The van der Waals surface area contributed by atoms with Crippen molar-refractivity contribution < 1.29 is 0 Å². The minimum absolute atomic E-state index is 0.174. The Morgan fingerprint density at radius 3 is 1.93 bits per heavy atom.